The van der Waals surface area contributed by atoms with Crippen LogP contribution in [-0.4, -0.2) is 24.7 Å². The lowest BCUT2D eigenvalue weighted by atomic mass is 9.99. The molecule has 19 heavy (non-hydrogen) atoms. The molecule has 1 rings (SSSR count). The van der Waals surface area contributed by atoms with Gasteiger partial charge in [-0.3, -0.25) is 4.79 Å². The van der Waals surface area contributed by atoms with Crippen LogP contribution in [0.1, 0.15) is 44.2 Å². The first-order valence-corrected chi connectivity index (χ1v) is 6.91. The summed E-state index contributed by atoms with van der Waals surface area (Å²) in [5.41, 5.74) is 3.23. The van der Waals surface area contributed by atoms with Gasteiger partial charge in [0.05, 0.1) is 12.5 Å². The molecule has 0 radical (unpaired) electrons. The number of aryl methyl sites for hydroxylation is 1. The van der Waals surface area contributed by atoms with Crippen LogP contribution in [0.3, 0.4) is 0 Å². The smallest absolute Gasteiger partial charge is 0.232 e. The van der Waals surface area contributed by atoms with Gasteiger partial charge in [0.15, 0.2) is 0 Å². The van der Waals surface area contributed by atoms with Crippen molar-refractivity contribution in [2.75, 3.05) is 18.6 Å². The van der Waals surface area contributed by atoms with Crippen molar-refractivity contribution in [3.05, 3.63) is 29.3 Å². The minimum absolute atomic E-state index is 0.0194. The Morgan fingerprint density at radius 3 is 2.47 bits per heavy atom. The van der Waals surface area contributed by atoms with Crippen LogP contribution in [-0.2, 0) is 4.79 Å². The molecule has 0 heterocycles. The van der Waals surface area contributed by atoms with Crippen LogP contribution in [0.25, 0.3) is 0 Å². The summed E-state index contributed by atoms with van der Waals surface area (Å²) in [6.07, 6.45) is 0.655. The molecule has 3 heteroatoms. The predicted molar refractivity (Wildman–Crippen MR) is 79.5 cm³/mol. The molecule has 0 fully saturated rings. The van der Waals surface area contributed by atoms with E-state index >= 15 is 0 Å². The maximum Gasteiger partial charge on any atom is 0.232 e. The van der Waals surface area contributed by atoms with Gasteiger partial charge in [-0.2, -0.15) is 0 Å². The minimum Gasteiger partial charge on any atom is -0.396 e. The highest BCUT2D eigenvalue weighted by Crippen LogP contribution is 2.26. The van der Waals surface area contributed by atoms with Crippen molar-refractivity contribution in [1.82, 2.24) is 0 Å². The van der Waals surface area contributed by atoms with Crippen molar-refractivity contribution in [3.63, 3.8) is 0 Å². The summed E-state index contributed by atoms with van der Waals surface area (Å²) >= 11 is 0. The Balaban J connectivity index is 3.07. The number of aliphatic hydroxyl groups excluding tert-OH is 1. The Bertz CT molecular complexity index is 436. The maximum atomic E-state index is 12.3. The molecule has 0 saturated heterocycles. The fourth-order valence-electron chi connectivity index (χ4n) is 2.12. The van der Waals surface area contributed by atoms with Gasteiger partial charge >= 0.3 is 0 Å². The van der Waals surface area contributed by atoms with Gasteiger partial charge < -0.3 is 10.0 Å². The van der Waals surface area contributed by atoms with E-state index in [1.165, 1.54) is 5.56 Å². The number of benzene rings is 1. The summed E-state index contributed by atoms with van der Waals surface area (Å²) in [6, 6.07) is 6.22. The average molecular weight is 263 g/mol. The highest BCUT2D eigenvalue weighted by molar-refractivity contribution is 5.95. The number of rotatable bonds is 5. The fourth-order valence-corrected chi connectivity index (χ4v) is 2.12. The SMILES string of the molecule is CCC(CO)C(=O)N(C)c1cc(C(C)C)ccc1C. The number of amides is 1. The van der Waals surface area contributed by atoms with Gasteiger partial charge in [-0.1, -0.05) is 32.9 Å². The third kappa shape index (κ3) is 3.57. The number of carbonyl (C=O) groups excluding carboxylic acids is 1. The average Bonchev–Trinajstić information content (AvgIpc) is 2.39. The molecule has 1 N–H and O–H groups in total. The molecular weight excluding hydrogens is 238 g/mol. The normalized spacial score (nSPS) is 12.6. The first-order chi connectivity index (χ1) is 8.92. The summed E-state index contributed by atoms with van der Waals surface area (Å²) in [7, 11) is 1.78. The summed E-state index contributed by atoms with van der Waals surface area (Å²) < 4.78 is 0. The second-order valence-corrected chi connectivity index (χ2v) is 5.39. The van der Waals surface area contributed by atoms with Crippen LogP contribution in [0.2, 0.25) is 0 Å². The van der Waals surface area contributed by atoms with Crippen molar-refractivity contribution in [1.29, 1.82) is 0 Å². The molecule has 106 valence electrons. The van der Waals surface area contributed by atoms with E-state index < -0.39 is 0 Å². The second-order valence-electron chi connectivity index (χ2n) is 5.39. The molecule has 0 aliphatic heterocycles. The van der Waals surface area contributed by atoms with Crippen LogP contribution in [0, 0.1) is 12.8 Å². The molecule has 1 aromatic rings. The number of aliphatic hydroxyl groups is 1. The van der Waals surface area contributed by atoms with Crippen molar-refractivity contribution < 1.29 is 9.90 Å². The van der Waals surface area contributed by atoms with E-state index in [2.05, 4.69) is 26.0 Å². The van der Waals surface area contributed by atoms with Crippen molar-refractivity contribution >= 4 is 11.6 Å². The van der Waals surface area contributed by atoms with Crippen LogP contribution in [0.4, 0.5) is 5.69 Å². The highest BCUT2D eigenvalue weighted by Gasteiger charge is 2.21. The first-order valence-electron chi connectivity index (χ1n) is 6.91. The van der Waals surface area contributed by atoms with Gasteiger partial charge in [0, 0.05) is 12.7 Å². The van der Waals surface area contributed by atoms with Crippen molar-refractivity contribution in [2.45, 2.75) is 40.0 Å². The Morgan fingerprint density at radius 2 is 2.00 bits per heavy atom. The monoisotopic (exact) mass is 263 g/mol. The largest absolute Gasteiger partial charge is 0.396 e. The molecule has 0 bridgehead atoms. The van der Waals surface area contributed by atoms with Gasteiger partial charge in [-0.05, 0) is 36.5 Å². The van der Waals surface area contributed by atoms with E-state index in [0.29, 0.717) is 12.3 Å². The van der Waals surface area contributed by atoms with Gasteiger partial charge in [0.2, 0.25) is 5.91 Å². The standard InChI is InChI=1S/C16H25NO2/c1-6-13(10-18)16(19)17(5)15-9-14(11(2)3)8-7-12(15)4/h7-9,11,13,18H,6,10H2,1-5H3. The summed E-state index contributed by atoms with van der Waals surface area (Å²) in [5.74, 6) is 0.101. The minimum atomic E-state index is -0.313. The Hall–Kier alpha value is -1.35. The van der Waals surface area contributed by atoms with E-state index in [1.807, 2.05) is 19.9 Å². The Morgan fingerprint density at radius 1 is 1.37 bits per heavy atom. The molecular formula is C16H25NO2. The summed E-state index contributed by atoms with van der Waals surface area (Å²) in [4.78, 5) is 14.0. The van der Waals surface area contributed by atoms with Gasteiger partial charge in [-0.15, -0.1) is 0 Å². The quantitative estimate of drug-likeness (QED) is 0.886. The predicted octanol–water partition coefficient (Wildman–Crippen LogP) is 3.10. The number of hydrogen-bond donors (Lipinski definition) is 1. The number of carbonyl (C=O) groups is 1. The molecule has 0 saturated carbocycles. The van der Waals surface area contributed by atoms with Crippen LogP contribution < -0.4 is 4.90 Å². The lowest BCUT2D eigenvalue weighted by Gasteiger charge is -2.24. The van der Waals surface area contributed by atoms with Crippen LogP contribution in [0.5, 0.6) is 0 Å². The first kappa shape index (κ1) is 15.7. The molecule has 0 aromatic heterocycles. The van der Waals surface area contributed by atoms with E-state index in [4.69, 9.17) is 0 Å². The Kier molecular flexibility index (Phi) is 5.55. The third-order valence-electron chi connectivity index (χ3n) is 3.65. The topological polar surface area (TPSA) is 40.5 Å². The zero-order valence-corrected chi connectivity index (χ0v) is 12.6. The zero-order valence-electron chi connectivity index (χ0n) is 12.6. The van der Waals surface area contributed by atoms with Gasteiger partial charge in [0.25, 0.3) is 0 Å². The van der Waals surface area contributed by atoms with Crippen LogP contribution >= 0.6 is 0 Å². The molecule has 0 aliphatic rings. The van der Waals surface area contributed by atoms with E-state index in [-0.39, 0.29) is 18.4 Å². The van der Waals surface area contributed by atoms with Crippen LogP contribution in [0.15, 0.2) is 18.2 Å². The molecule has 1 aromatic carbocycles. The molecule has 0 aliphatic carbocycles. The van der Waals surface area contributed by atoms with Gasteiger partial charge in [0.1, 0.15) is 0 Å². The third-order valence-corrected chi connectivity index (χ3v) is 3.65. The Labute approximate surface area is 116 Å². The summed E-state index contributed by atoms with van der Waals surface area (Å²) in [6.45, 7) is 8.10. The fraction of sp³-hybridized carbons (Fsp3) is 0.562. The zero-order chi connectivity index (χ0) is 14.6. The van der Waals surface area contributed by atoms with Crippen molar-refractivity contribution in [2.24, 2.45) is 5.92 Å². The number of hydrogen-bond acceptors (Lipinski definition) is 2. The summed E-state index contributed by atoms with van der Waals surface area (Å²) in [5, 5.41) is 9.26. The molecule has 3 nitrogen and oxygen atoms in total. The molecule has 1 atom stereocenters. The van der Waals surface area contributed by atoms with Gasteiger partial charge in [-0.25, -0.2) is 0 Å². The van der Waals surface area contributed by atoms with E-state index in [0.717, 1.165) is 11.3 Å². The number of anilines is 1. The van der Waals surface area contributed by atoms with Crippen molar-refractivity contribution in [3.8, 4) is 0 Å². The molecule has 1 unspecified atom stereocenters. The molecule has 0 spiro atoms. The molecule has 1 amide bonds. The lowest BCUT2D eigenvalue weighted by Crippen LogP contribution is -2.34. The second kappa shape index (κ2) is 6.71. The number of nitrogens with zero attached hydrogens (tertiary/aromatic N) is 1. The lowest BCUT2D eigenvalue weighted by molar-refractivity contribution is -0.123. The maximum absolute atomic E-state index is 12.3. The van der Waals surface area contributed by atoms with E-state index in [1.54, 1.807) is 11.9 Å². The highest BCUT2D eigenvalue weighted by atomic mass is 16.3. The van der Waals surface area contributed by atoms with E-state index in [9.17, 15) is 9.90 Å².